The quantitative estimate of drug-likeness (QED) is 0.523. The van der Waals surface area contributed by atoms with Crippen molar-refractivity contribution in [2.75, 3.05) is 23.4 Å². The first-order chi connectivity index (χ1) is 16.9. The topological polar surface area (TPSA) is 127 Å². The maximum Gasteiger partial charge on any atom is 0.251 e. The molecule has 4 N–H and O–H groups in total. The van der Waals surface area contributed by atoms with Crippen molar-refractivity contribution in [3.63, 3.8) is 0 Å². The van der Waals surface area contributed by atoms with E-state index < -0.39 is 5.91 Å². The van der Waals surface area contributed by atoms with E-state index in [1.807, 2.05) is 12.1 Å². The van der Waals surface area contributed by atoms with Gasteiger partial charge in [0, 0.05) is 47.7 Å². The summed E-state index contributed by atoms with van der Waals surface area (Å²) < 4.78 is 5.41. The number of nitrogens with zero attached hydrogens (tertiary/aromatic N) is 2. The van der Waals surface area contributed by atoms with Crippen LogP contribution in [0.3, 0.4) is 0 Å². The molecule has 0 spiro atoms. The summed E-state index contributed by atoms with van der Waals surface area (Å²) in [7, 11) is 0. The molecule has 4 heterocycles. The molecular formula is C26H31N5O4. The summed E-state index contributed by atoms with van der Waals surface area (Å²) in [5, 5.41) is 6.51. The number of carbonyl (C=O) groups is 3. The van der Waals surface area contributed by atoms with Crippen LogP contribution in [0.25, 0.3) is 0 Å². The number of ether oxygens (including phenoxy) is 1. The van der Waals surface area contributed by atoms with Crippen molar-refractivity contribution in [1.29, 1.82) is 0 Å². The molecule has 0 aliphatic carbocycles. The lowest BCUT2D eigenvalue weighted by Crippen LogP contribution is -2.50. The molecule has 1 unspecified atom stereocenters. The molecule has 9 nitrogen and oxygen atoms in total. The van der Waals surface area contributed by atoms with Gasteiger partial charge in [-0.05, 0) is 69.4 Å². The number of aromatic nitrogens is 1. The van der Waals surface area contributed by atoms with Gasteiger partial charge >= 0.3 is 0 Å². The van der Waals surface area contributed by atoms with Gasteiger partial charge in [0.2, 0.25) is 0 Å². The van der Waals surface area contributed by atoms with Crippen LogP contribution in [0.4, 0.5) is 11.5 Å². The van der Waals surface area contributed by atoms with Gasteiger partial charge in [-0.2, -0.15) is 0 Å². The molecule has 1 aromatic heterocycles. The van der Waals surface area contributed by atoms with E-state index in [2.05, 4.69) is 20.5 Å². The van der Waals surface area contributed by atoms with Crippen LogP contribution in [-0.4, -0.2) is 60.0 Å². The molecule has 3 fully saturated rings. The number of anilines is 2. The molecule has 1 aromatic carbocycles. The molecule has 5 rings (SSSR count). The Morgan fingerprint density at radius 1 is 1.03 bits per heavy atom. The highest BCUT2D eigenvalue weighted by atomic mass is 16.5. The minimum Gasteiger partial charge on any atom is -0.379 e. The molecule has 2 aromatic rings. The van der Waals surface area contributed by atoms with Gasteiger partial charge in [-0.15, -0.1) is 0 Å². The smallest absolute Gasteiger partial charge is 0.251 e. The number of amides is 2. The summed E-state index contributed by atoms with van der Waals surface area (Å²) in [6.07, 6.45) is 6.26. The first kappa shape index (κ1) is 23.3. The number of primary amides is 1. The SMILES string of the molecule is CC(=O)c1ccc(N2[C@@H]3CC[C@H]2CC(NC(=O)c2ccc(C(N)=O)c(N[C@@H]4CCOC4)c2)C3)nc1. The predicted octanol–water partition coefficient (Wildman–Crippen LogP) is 2.51. The average molecular weight is 478 g/mol. The predicted molar refractivity (Wildman–Crippen MR) is 132 cm³/mol. The third kappa shape index (κ3) is 4.86. The number of benzene rings is 1. The van der Waals surface area contributed by atoms with E-state index >= 15 is 0 Å². The minimum atomic E-state index is -0.535. The van der Waals surface area contributed by atoms with Gasteiger partial charge in [-0.3, -0.25) is 14.4 Å². The summed E-state index contributed by atoms with van der Waals surface area (Å²) in [6, 6.07) is 9.46. The highest BCUT2D eigenvalue weighted by Crippen LogP contribution is 2.38. The molecule has 9 heteroatoms. The van der Waals surface area contributed by atoms with Crippen molar-refractivity contribution in [3.8, 4) is 0 Å². The molecular weight excluding hydrogens is 446 g/mol. The van der Waals surface area contributed by atoms with E-state index in [9.17, 15) is 14.4 Å². The van der Waals surface area contributed by atoms with E-state index in [1.54, 1.807) is 24.4 Å². The summed E-state index contributed by atoms with van der Waals surface area (Å²) in [4.78, 5) is 43.5. The van der Waals surface area contributed by atoms with E-state index in [1.165, 1.54) is 6.92 Å². The summed E-state index contributed by atoms with van der Waals surface area (Å²) in [6.45, 7) is 2.77. The fourth-order valence-corrected chi connectivity index (χ4v) is 5.57. The number of piperidine rings is 1. The third-order valence-corrected chi connectivity index (χ3v) is 7.32. The molecule has 0 radical (unpaired) electrons. The summed E-state index contributed by atoms with van der Waals surface area (Å²) in [5.74, 6) is 0.203. The molecule has 3 saturated heterocycles. The van der Waals surface area contributed by atoms with Crippen LogP contribution in [0.15, 0.2) is 36.5 Å². The highest BCUT2D eigenvalue weighted by Gasteiger charge is 2.41. The largest absolute Gasteiger partial charge is 0.379 e. The fourth-order valence-electron chi connectivity index (χ4n) is 5.57. The molecule has 3 aliphatic rings. The number of nitrogens with two attached hydrogens (primary N) is 1. The van der Waals surface area contributed by atoms with Gasteiger partial charge in [0.05, 0.1) is 18.2 Å². The maximum atomic E-state index is 13.1. The lowest BCUT2D eigenvalue weighted by atomic mass is 9.96. The molecule has 2 amide bonds. The van der Waals surface area contributed by atoms with Crippen LogP contribution < -0.4 is 21.3 Å². The molecule has 184 valence electrons. The highest BCUT2D eigenvalue weighted by molar-refractivity contribution is 6.02. The monoisotopic (exact) mass is 477 g/mol. The zero-order chi connectivity index (χ0) is 24.5. The fraction of sp³-hybridized carbons (Fsp3) is 0.462. The van der Waals surface area contributed by atoms with Crippen LogP contribution in [0.1, 0.15) is 70.1 Å². The lowest BCUT2D eigenvalue weighted by molar-refractivity contribution is 0.0924. The van der Waals surface area contributed by atoms with E-state index in [4.69, 9.17) is 10.5 Å². The molecule has 2 bridgehead atoms. The van der Waals surface area contributed by atoms with Gasteiger partial charge < -0.3 is 26.0 Å². The summed E-state index contributed by atoms with van der Waals surface area (Å²) >= 11 is 0. The number of carbonyl (C=O) groups excluding carboxylic acids is 3. The zero-order valence-corrected chi connectivity index (χ0v) is 19.8. The van der Waals surface area contributed by atoms with Crippen LogP contribution in [-0.2, 0) is 4.74 Å². The van der Waals surface area contributed by atoms with Gasteiger partial charge in [0.1, 0.15) is 5.82 Å². The summed E-state index contributed by atoms with van der Waals surface area (Å²) in [5.41, 5.74) is 7.58. The van der Waals surface area contributed by atoms with E-state index in [0.717, 1.165) is 37.9 Å². The van der Waals surface area contributed by atoms with Crippen molar-refractivity contribution in [3.05, 3.63) is 53.2 Å². The third-order valence-electron chi connectivity index (χ3n) is 7.32. The number of nitrogens with one attached hydrogen (secondary N) is 2. The van der Waals surface area contributed by atoms with E-state index in [0.29, 0.717) is 47.7 Å². The first-order valence-electron chi connectivity index (χ1n) is 12.2. The number of ketones is 1. The lowest BCUT2D eigenvalue weighted by Gasteiger charge is -2.40. The van der Waals surface area contributed by atoms with Gasteiger partial charge in [0.25, 0.3) is 11.8 Å². The second-order valence-corrected chi connectivity index (χ2v) is 9.72. The number of hydrogen-bond acceptors (Lipinski definition) is 7. The Morgan fingerprint density at radius 3 is 2.37 bits per heavy atom. The maximum absolute atomic E-state index is 13.1. The van der Waals surface area contributed by atoms with Gasteiger partial charge in [0.15, 0.2) is 5.78 Å². The molecule has 35 heavy (non-hydrogen) atoms. The standard InChI is InChI=1S/C26H31N5O4/c1-15(32)17-3-7-24(28-13-17)31-20-4-5-21(31)12-19(11-20)30-26(34)16-2-6-22(25(27)33)23(10-16)29-18-8-9-35-14-18/h2-3,6-7,10,13,18-21,29H,4-5,8-9,11-12,14H2,1H3,(H2,27,33)(H,30,34)/t18-,19?,20-,21+/m1/s1. The molecule has 4 atom stereocenters. The number of Topliss-reactive ketones (excluding diaryl/α,β-unsaturated/α-hetero) is 1. The number of hydrogen-bond donors (Lipinski definition) is 3. The Labute approximate surface area is 204 Å². The second-order valence-electron chi connectivity index (χ2n) is 9.72. The number of pyridine rings is 1. The van der Waals surface area contributed by atoms with Crippen molar-refractivity contribution < 1.29 is 19.1 Å². The second kappa shape index (κ2) is 9.65. The van der Waals surface area contributed by atoms with Crippen molar-refractivity contribution in [1.82, 2.24) is 10.3 Å². The van der Waals surface area contributed by atoms with Crippen LogP contribution in [0, 0.1) is 0 Å². The number of rotatable bonds is 7. The Kier molecular flexibility index (Phi) is 6.42. The zero-order valence-electron chi connectivity index (χ0n) is 19.8. The van der Waals surface area contributed by atoms with Crippen molar-refractivity contribution >= 4 is 29.1 Å². The van der Waals surface area contributed by atoms with Crippen LogP contribution in [0.5, 0.6) is 0 Å². The molecule has 3 aliphatic heterocycles. The van der Waals surface area contributed by atoms with E-state index in [-0.39, 0.29) is 23.8 Å². The van der Waals surface area contributed by atoms with Crippen LogP contribution >= 0.6 is 0 Å². The normalized spacial score (nSPS) is 25.3. The average Bonchev–Trinajstić information content (AvgIpc) is 3.44. The Hall–Kier alpha value is -3.46. The Bertz CT molecular complexity index is 1120. The minimum absolute atomic E-state index is 0.00670. The van der Waals surface area contributed by atoms with Crippen LogP contribution in [0.2, 0.25) is 0 Å². The van der Waals surface area contributed by atoms with Crippen molar-refractivity contribution in [2.45, 2.75) is 63.2 Å². The Morgan fingerprint density at radius 2 is 1.77 bits per heavy atom. The molecule has 0 saturated carbocycles. The van der Waals surface area contributed by atoms with Crippen molar-refractivity contribution in [2.24, 2.45) is 5.73 Å². The first-order valence-corrected chi connectivity index (χ1v) is 12.2. The Balaban J connectivity index is 1.26. The number of fused-ring (bicyclic) bond motifs is 2. The van der Waals surface area contributed by atoms with Gasteiger partial charge in [-0.25, -0.2) is 4.98 Å². The van der Waals surface area contributed by atoms with Gasteiger partial charge in [-0.1, -0.05) is 0 Å².